The fourth-order valence-corrected chi connectivity index (χ4v) is 1.78. The van der Waals surface area contributed by atoms with Crippen molar-refractivity contribution in [3.05, 3.63) is 28.2 Å². The van der Waals surface area contributed by atoms with Crippen LogP contribution in [-0.4, -0.2) is 23.0 Å². The molecule has 1 amide bonds. The maximum atomic E-state index is 11.5. The molecule has 0 aliphatic heterocycles. The minimum absolute atomic E-state index is 0.0393. The van der Waals surface area contributed by atoms with Crippen LogP contribution in [0.25, 0.3) is 0 Å². The van der Waals surface area contributed by atoms with E-state index in [0.717, 1.165) is 0 Å². The van der Waals surface area contributed by atoms with Gasteiger partial charge >= 0.3 is 5.97 Å². The Morgan fingerprint density at radius 1 is 1.53 bits per heavy atom. The molecule has 0 spiro atoms. The van der Waals surface area contributed by atoms with Crippen molar-refractivity contribution in [1.82, 2.24) is 0 Å². The molecule has 6 heteroatoms. The highest BCUT2D eigenvalue weighted by molar-refractivity contribution is 9.10. The van der Waals surface area contributed by atoms with Gasteiger partial charge in [-0.05, 0) is 35.0 Å². The zero-order valence-electron chi connectivity index (χ0n) is 9.24. The number of carboxylic acids is 1. The maximum absolute atomic E-state index is 11.5. The van der Waals surface area contributed by atoms with Crippen molar-refractivity contribution in [3.63, 3.8) is 0 Å². The normalized spacial score (nSPS) is 11.9. The number of amides is 1. The van der Waals surface area contributed by atoms with Crippen LogP contribution in [-0.2, 0) is 4.79 Å². The minimum Gasteiger partial charge on any atom is -0.478 e. The SMILES string of the molecule is CC(N)CC(=O)Nc1c(Br)cccc1C(=O)O. The molecule has 0 aliphatic rings. The highest BCUT2D eigenvalue weighted by atomic mass is 79.9. The van der Waals surface area contributed by atoms with Crippen molar-refractivity contribution >= 4 is 33.5 Å². The van der Waals surface area contributed by atoms with Crippen LogP contribution in [0.3, 0.4) is 0 Å². The van der Waals surface area contributed by atoms with Crippen LogP contribution in [0, 0.1) is 0 Å². The van der Waals surface area contributed by atoms with Gasteiger partial charge in [0.2, 0.25) is 5.91 Å². The van der Waals surface area contributed by atoms with E-state index in [4.69, 9.17) is 10.8 Å². The third-order valence-electron chi connectivity index (χ3n) is 2.02. The molecular formula is C11H13BrN2O3. The highest BCUT2D eigenvalue weighted by Crippen LogP contribution is 2.26. The Kier molecular flexibility index (Phi) is 4.65. The second-order valence-corrected chi connectivity index (χ2v) is 4.55. The number of hydrogen-bond acceptors (Lipinski definition) is 3. The number of aromatic carboxylic acids is 1. The largest absolute Gasteiger partial charge is 0.478 e. The van der Waals surface area contributed by atoms with Crippen LogP contribution < -0.4 is 11.1 Å². The lowest BCUT2D eigenvalue weighted by atomic mass is 10.1. The quantitative estimate of drug-likeness (QED) is 0.791. The topological polar surface area (TPSA) is 92.4 Å². The predicted molar refractivity (Wildman–Crippen MR) is 68.0 cm³/mol. The van der Waals surface area contributed by atoms with E-state index in [2.05, 4.69) is 21.2 Å². The van der Waals surface area contributed by atoms with Crippen molar-refractivity contribution in [1.29, 1.82) is 0 Å². The van der Waals surface area contributed by atoms with Gasteiger partial charge in [-0.15, -0.1) is 0 Å². The molecule has 0 saturated heterocycles. The zero-order valence-corrected chi connectivity index (χ0v) is 10.8. The number of benzene rings is 1. The summed E-state index contributed by atoms with van der Waals surface area (Å²) in [4.78, 5) is 22.5. The first-order valence-corrected chi connectivity index (χ1v) is 5.78. The Hall–Kier alpha value is -1.40. The Morgan fingerprint density at radius 3 is 2.71 bits per heavy atom. The maximum Gasteiger partial charge on any atom is 0.337 e. The van der Waals surface area contributed by atoms with Crippen LogP contribution in [0.2, 0.25) is 0 Å². The van der Waals surface area contributed by atoms with Crippen molar-refractivity contribution in [3.8, 4) is 0 Å². The molecule has 1 aromatic carbocycles. The molecule has 1 rings (SSSR count). The molecule has 0 radical (unpaired) electrons. The van der Waals surface area contributed by atoms with E-state index in [9.17, 15) is 9.59 Å². The van der Waals surface area contributed by atoms with Gasteiger partial charge in [0.25, 0.3) is 0 Å². The van der Waals surface area contributed by atoms with E-state index in [1.807, 2.05) is 0 Å². The zero-order chi connectivity index (χ0) is 13.0. The summed E-state index contributed by atoms with van der Waals surface area (Å²) in [6.45, 7) is 1.71. The summed E-state index contributed by atoms with van der Waals surface area (Å²) < 4.78 is 0.524. The molecule has 17 heavy (non-hydrogen) atoms. The molecule has 1 unspecified atom stereocenters. The summed E-state index contributed by atoms with van der Waals surface area (Å²) in [6.07, 6.45) is 0.139. The van der Waals surface area contributed by atoms with Crippen molar-refractivity contribution in [2.45, 2.75) is 19.4 Å². The van der Waals surface area contributed by atoms with Gasteiger partial charge in [-0.1, -0.05) is 6.07 Å². The lowest BCUT2D eigenvalue weighted by Gasteiger charge is -2.11. The molecule has 0 saturated carbocycles. The third kappa shape index (κ3) is 3.83. The number of rotatable bonds is 4. The number of nitrogens with one attached hydrogen (secondary N) is 1. The molecule has 0 heterocycles. The van der Waals surface area contributed by atoms with E-state index in [1.54, 1.807) is 19.1 Å². The first kappa shape index (κ1) is 13.7. The Morgan fingerprint density at radius 2 is 2.18 bits per heavy atom. The van der Waals surface area contributed by atoms with Gasteiger partial charge in [-0.25, -0.2) is 4.79 Å². The molecular weight excluding hydrogens is 288 g/mol. The summed E-state index contributed by atoms with van der Waals surface area (Å²) in [5.41, 5.74) is 5.79. The first-order valence-electron chi connectivity index (χ1n) is 4.99. The van der Waals surface area contributed by atoms with E-state index in [1.165, 1.54) is 6.07 Å². The number of carboxylic acid groups (broad SMARTS) is 1. The fourth-order valence-electron chi connectivity index (χ4n) is 1.31. The van der Waals surface area contributed by atoms with Crippen LogP contribution in [0.5, 0.6) is 0 Å². The molecule has 1 aromatic rings. The van der Waals surface area contributed by atoms with Crippen molar-refractivity contribution < 1.29 is 14.7 Å². The van der Waals surface area contributed by atoms with Crippen LogP contribution in [0.15, 0.2) is 22.7 Å². The van der Waals surface area contributed by atoms with Crippen LogP contribution >= 0.6 is 15.9 Å². The van der Waals surface area contributed by atoms with Gasteiger partial charge in [0.15, 0.2) is 0 Å². The Balaban J connectivity index is 2.97. The molecule has 0 aliphatic carbocycles. The van der Waals surface area contributed by atoms with E-state index >= 15 is 0 Å². The van der Waals surface area contributed by atoms with Crippen molar-refractivity contribution in [2.75, 3.05) is 5.32 Å². The highest BCUT2D eigenvalue weighted by Gasteiger charge is 2.15. The molecule has 0 fully saturated rings. The van der Waals surface area contributed by atoms with E-state index < -0.39 is 5.97 Å². The number of hydrogen-bond donors (Lipinski definition) is 3. The molecule has 1 atom stereocenters. The Labute approximate surface area is 107 Å². The lowest BCUT2D eigenvalue weighted by molar-refractivity contribution is -0.116. The van der Waals surface area contributed by atoms with Crippen LogP contribution in [0.4, 0.5) is 5.69 Å². The number of carbonyl (C=O) groups is 2. The molecule has 0 bridgehead atoms. The van der Waals surface area contributed by atoms with E-state index in [0.29, 0.717) is 4.47 Å². The number of carbonyl (C=O) groups excluding carboxylic acids is 1. The number of halogens is 1. The summed E-state index contributed by atoms with van der Waals surface area (Å²) in [5, 5.41) is 11.5. The number of anilines is 1. The molecule has 5 nitrogen and oxygen atoms in total. The summed E-state index contributed by atoms with van der Waals surface area (Å²) in [5.74, 6) is -1.41. The third-order valence-corrected chi connectivity index (χ3v) is 2.68. The molecule has 4 N–H and O–H groups in total. The number of para-hydroxylation sites is 1. The second-order valence-electron chi connectivity index (χ2n) is 3.70. The number of nitrogens with two attached hydrogens (primary N) is 1. The average molecular weight is 301 g/mol. The fraction of sp³-hybridized carbons (Fsp3) is 0.273. The smallest absolute Gasteiger partial charge is 0.337 e. The summed E-state index contributed by atoms with van der Waals surface area (Å²) in [7, 11) is 0. The van der Waals surface area contributed by atoms with Crippen molar-refractivity contribution in [2.24, 2.45) is 5.73 Å². The molecule has 92 valence electrons. The van der Waals surface area contributed by atoms with E-state index in [-0.39, 0.29) is 29.6 Å². The minimum atomic E-state index is -1.10. The summed E-state index contributed by atoms with van der Waals surface area (Å²) >= 11 is 3.20. The standard InChI is InChI=1S/C11H13BrN2O3/c1-6(13)5-9(15)14-10-7(11(16)17)3-2-4-8(10)12/h2-4,6H,5,13H2,1H3,(H,14,15)(H,16,17). The predicted octanol–water partition coefficient (Wildman–Crippen LogP) is 1.82. The van der Waals surface area contributed by atoms with Gasteiger partial charge in [-0.2, -0.15) is 0 Å². The monoisotopic (exact) mass is 300 g/mol. The second kappa shape index (κ2) is 5.79. The Bertz CT molecular complexity index is 446. The van der Waals surface area contributed by atoms with Gasteiger partial charge in [0, 0.05) is 16.9 Å². The lowest BCUT2D eigenvalue weighted by Crippen LogP contribution is -2.24. The average Bonchev–Trinajstić information content (AvgIpc) is 2.19. The van der Waals surface area contributed by atoms with Gasteiger partial charge in [0.1, 0.15) is 0 Å². The van der Waals surface area contributed by atoms with Gasteiger partial charge in [0.05, 0.1) is 11.3 Å². The first-order chi connectivity index (χ1) is 7.91. The molecule has 0 aromatic heterocycles. The summed E-state index contributed by atoms with van der Waals surface area (Å²) in [6, 6.07) is 4.41. The van der Waals surface area contributed by atoms with Gasteiger partial charge < -0.3 is 16.2 Å². The van der Waals surface area contributed by atoms with Crippen LogP contribution in [0.1, 0.15) is 23.7 Å². The van der Waals surface area contributed by atoms with Gasteiger partial charge in [-0.3, -0.25) is 4.79 Å².